The van der Waals surface area contributed by atoms with Crippen molar-refractivity contribution in [1.82, 2.24) is 4.57 Å². The first kappa shape index (κ1) is 15.9. The molecule has 0 aliphatic rings. The van der Waals surface area contributed by atoms with Gasteiger partial charge in [-0.25, -0.2) is 0 Å². The molecule has 1 aromatic carbocycles. The van der Waals surface area contributed by atoms with Gasteiger partial charge in [0.1, 0.15) is 5.76 Å². The lowest BCUT2D eigenvalue weighted by Gasteiger charge is -2.19. The first-order valence-electron chi connectivity index (χ1n) is 7.24. The smallest absolute Gasteiger partial charge is 0.308 e. The fourth-order valence-electron chi connectivity index (χ4n) is 2.29. The third-order valence-corrected chi connectivity index (χ3v) is 3.57. The van der Waals surface area contributed by atoms with E-state index >= 15 is 0 Å². The number of carbonyl (C=O) groups excluding carboxylic acids is 1. The van der Waals surface area contributed by atoms with Gasteiger partial charge in [0.05, 0.1) is 31.9 Å². The average molecular weight is 299 g/mol. The summed E-state index contributed by atoms with van der Waals surface area (Å²) in [6, 6.07) is 14.3. The van der Waals surface area contributed by atoms with Crippen LogP contribution in [0.5, 0.6) is 0 Å². The molecule has 2 rings (SSSR count). The summed E-state index contributed by atoms with van der Waals surface area (Å²) in [7, 11) is 1.36. The van der Waals surface area contributed by atoms with Gasteiger partial charge in [0, 0.05) is 6.20 Å². The van der Waals surface area contributed by atoms with Crippen LogP contribution in [0.15, 0.2) is 55.2 Å². The highest BCUT2D eigenvalue weighted by Crippen LogP contribution is 2.24. The molecular weight excluding hydrogens is 278 g/mol. The zero-order valence-electron chi connectivity index (χ0n) is 13.0. The normalized spacial score (nSPS) is 11.7. The summed E-state index contributed by atoms with van der Waals surface area (Å²) in [5.74, 6) is 0.262. The van der Waals surface area contributed by atoms with Crippen LogP contribution in [-0.2, 0) is 14.3 Å². The van der Waals surface area contributed by atoms with Crippen molar-refractivity contribution >= 4 is 11.7 Å². The number of esters is 1. The van der Waals surface area contributed by atoms with Crippen molar-refractivity contribution in [2.45, 2.75) is 19.4 Å². The van der Waals surface area contributed by atoms with Crippen molar-refractivity contribution in [1.29, 1.82) is 0 Å². The van der Waals surface area contributed by atoms with Gasteiger partial charge in [-0.3, -0.25) is 4.79 Å². The van der Waals surface area contributed by atoms with Gasteiger partial charge in [-0.1, -0.05) is 36.9 Å². The van der Waals surface area contributed by atoms with Crippen LogP contribution in [0.4, 0.5) is 0 Å². The Hall–Kier alpha value is -2.49. The maximum atomic E-state index is 11.1. The molecule has 0 saturated carbocycles. The van der Waals surface area contributed by atoms with E-state index in [1.165, 1.54) is 12.7 Å². The molecule has 0 bridgehead atoms. The van der Waals surface area contributed by atoms with Crippen LogP contribution in [-0.4, -0.2) is 24.3 Å². The second-order valence-electron chi connectivity index (χ2n) is 4.99. The average Bonchev–Trinajstić information content (AvgIpc) is 3.04. The third-order valence-electron chi connectivity index (χ3n) is 3.57. The van der Waals surface area contributed by atoms with Crippen LogP contribution >= 0.6 is 0 Å². The van der Waals surface area contributed by atoms with Gasteiger partial charge in [-0.15, -0.1) is 0 Å². The molecule has 1 aromatic heterocycles. The summed E-state index contributed by atoms with van der Waals surface area (Å²) >= 11 is 0. The molecule has 0 saturated heterocycles. The van der Waals surface area contributed by atoms with Crippen LogP contribution in [0.1, 0.15) is 30.6 Å². The Balaban J connectivity index is 2.06. The number of hydrogen-bond acceptors (Lipinski definition) is 3. The standard InChI is InChI=1S/C18H21NO3/c1-14(16-8-5-4-6-9-16)19-12-7-10-17(19)15(2)22-13-11-18(20)21-3/h4-10,12,14H,2,11,13H2,1,3H3/t14-/m1/s1. The highest BCUT2D eigenvalue weighted by atomic mass is 16.5. The van der Waals surface area contributed by atoms with Gasteiger partial charge in [-0.2, -0.15) is 0 Å². The maximum absolute atomic E-state index is 11.1. The number of ether oxygens (including phenoxy) is 2. The van der Waals surface area contributed by atoms with E-state index < -0.39 is 0 Å². The predicted octanol–water partition coefficient (Wildman–Crippen LogP) is 3.65. The van der Waals surface area contributed by atoms with E-state index in [0.717, 1.165) is 5.69 Å². The van der Waals surface area contributed by atoms with E-state index in [2.05, 4.69) is 34.9 Å². The highest BCUT2D eigenvalue weighted by molar-refractivity contribution is 5.69. The molecule has 0 spiro atoms. The molecule has 0 N–H and O–H groups in total. The van der Waals surface area contributed by atoms with E-state index in [4.69, 9.17) is 4.74 Å². The Labute approximate surface area is 131 Å². The number of carbonyl (C=O) groups is 1. The monoisotopic (exact) mass is 299 g/mol. The molecule has 116 valence electrons. The maximum Gasteiger partial charge on any atom is 0.308 e. The quantitative estimate of drug-likeness (QED) is 0.579. The van der Waals surface area contributed by atoms with Crippen LogP contribution in [0, 0.1) is 0 Å². The van der Waals surface area contributed by atoms with Crippen molar-refractivity contribution in [3.8, 4) is 0 Å². The van der Waals surface area contributed by atoms with E-state index in [0.29, 0.717) is 5.76 Å². The zero-order chi connectivity index (χ0) is 15.9. The number of rotatable bonds is 7. The van der Waals surface area contributed by atoms with Gasteiger partial charge >= 0.3 is 5.97 Å². The molecule has 0 amide bonds. The topological polar surface area (TPSA) is 40.5 Å². The Morgan fingerprint density at radius 1 is 1.23 bits per heavy atom. The fraction of sp³-hybridized carbons (Fsp3) is 0.278. The van der Waals surface area contributed by atoms with Crippen LogP contribution < -0.4 is 0 Å². The van der Waals surface area contributed by atoms with Crippen LogP contribution in [0.2, 0.25) is 0 Å². The summed E-state index contributed by atoms with van der Waals surface area (Å²) < 4.78 is 12.3. The molecule has 4 nitrogen and oxygen atoms in total. The molecule has 0 aliphatic carbocycles. The number of nitrogens with zero attached hydrogens (tertiary/aromatic N) is 1. The summed E-state index contributed by atoms with van der Waals surface area (Å²) in [5, 5.41) is 0. The zero-order valence-corrected chi connectivity index (χ0v) is 13.0. The molecule has 1 heterocycles. The summed E-state index contributed by atoms with van der Waals surface area (Å²) in [6.45, 7) is 6.35. The van der Waals surface area contributed by atoms with Gasteiger partial charge in [0.2, 0.25) is 0 Å². The Kier molecular flexibility index (Phi) is 5.42. The van der Waals surface area contributed by atoms with Crippen molar-refractivity contribution in [3.05, 3.63) is 66.5 Å². The van der Waals surface area contributed by atoms with Crippen LogP contribution in [0.25, 0.3) is 5.76 Å². The van der Waals surface area contributed by atoms with Crippen molar-refractivity contribution < 1.29 is 14.3 Å². The largest absolute Gasteiger partial charge is 0.491 e. The first-order valence-corrected chi connectivity index (χ1v) is 7.24. The minimum absolute atomic E-state index is 0.173. The van der Waals surface area contributed by atoms with Crippen molar-refractivity contribution in [2.24, 2.45) is 0 Å². The van der Waals surface area contributed by atoms with E-state index in [1.54, 1.807) is 0 Å². The molecule has 0 aliphatic heterocycles. The Morgan fingerprint density at radius 2 is 1.95 bits per heavy atom. The van der Waals surface area contributed by atoms with E-state index in [9.17, 15) is 4.79 Å². The minimum Gasteiger partial charge on any atom is -0.491 e. The second kappa shape index (κ2) is 7.50. The number of benzene rings is 1. The molecule has 4 heteroatoms. The number of methoxy groups -OCH3 is 1. The Bertz CT molecular complexity index is 631. The molecule has 22 heavy (non-hydrogen) atoms. The lowest BCUT2D eigenvalue weighted by atomic mass is 10.1. The lowest BCUT2D eigenvalue weighted by Crippen LogP contribution is -2.10. The fourth-order valence-corrected chi connectivity index (χ4v) is 2.29. The molecule has 0 unspecified atom stereocenters. The summed E-state index contributed by atoms with van der Waals surface area (Å²) in [5.41, 5.74) is 2.11. The van der Waals surface area contributed by atoms with Gasteiger partial charge in [-0.05, 0) is 24.6 Å². The predicted molar refractivity (Wildman–Crippen MR) is 86.3 cm³/mol. The SMILES string of the molecule is C=C(OCCC(=O)OC)c1cccn1[C@H](C)c1ccccc1. The Morgan fingerprint density at radius 3 is 2.64 bits per heavy atom. The van der Waals surface area contributed by atoms with Gasteiger partial charge in [0.25, 0.3) is 0 Å². The van der Waals surface area contributed by atoms with Gasteiger partial charge in [0.15, 0.2) is 0 Å². The first-order chi connectivity index (χ1) is 10.6. The molecule has 0 fully saturated rings. The summed E-state index contributed by atoms with van der Waals surface area (Å²) in [6.07, 6.45) is 2.21. The van der Waals surface area contributed by atoms with E-state index in [1.807, 2.05) is 36.5 Å². The molecular formula is C18H21NO3. The molecule has 2 aromatic rings. The summed E-state index contributed by atoms with van der Waals surface area (Å²) in [4.78, 5) is 11.1. The van der Waals surface area contributed by atoms with Crippen LogP contribution in [0.3, 0.4) is 0 Å². The van der Waals surface area contributed by atoms with E-state index in [-0.39, 0.29) is 25.0 Å². The van der Waals surface area contributed by atoms with Gasteiger partial charge < -0.3 is 14.0 Å². The number of hydrogen-bond donors (Lipinski definition) is 0. The molecule has 1 atom stereocenters. The number of aromatic nitrogens is 1. The lowest BCUT2D eigenvalue weighted by molar-refractivity contribution is -0.141. The van der Waals surface area contributed by atoms with Crippen molar-refractivity contribution in [2.75, 3.05) is 13.7 Å². The highest BCUT2D eigenvalue weighted by Gasteiger charge is 2.13. The third kappa shape index (κ3) is 3.79. The second-order valence-corrected chi connectivity index (χ2v) is 4.99. The molecule has 0 radical (unpaired) electrons. The van der Waals surface area contributed by atoms with Crippen molar-refractivity contribution in [3.63, 3.8) is 0 Å². The minimum atomic E-state index is -0.291.